The Hall–Kier alpha value is -4.71. The average molecular weight is 520 g/mol. The number of aliphatic hydroxyl groups excluding tert-OH is 1. The second kappa shape index (κ2) is 10.6. The van der Waals surface area contributed by atoms with Crippen LogP contribution in [0.3, 0.4) is 0 Å². The van der Waals surface area contributed by atoms with Crippen LogP contribution < -0.4 is 0 Å². The molecule has 196 valence electrons. The lowest BCUT2D eigenvalue weighted by molar-refractivity contribution is -0.140. The molecule has 0 aliphatic carbocycles. The minimum absolute atomic E-state index is 0.0547. The van der Waals surface area contributed by atoms with Crippen molar-refractivity contribution in [3.63, 3.8) is 0 Å². The third kappa shape index (κ3) is 5.06. The van der Waals surface area contributed by atoms with E-state index in [0.29, 0.717) is 11.1 Å². The van der Waals surface area contributed by atoms with Crippen LogP contribution in [0.2, 0.25) is 0 Å². The standard InChI is InChI=1S/C33H29NO5/c1-20(2)39-33(38)24-16-14-22(15-17-24)19-34-29(25-11-6-8-21(3)18-25)28(31(36)32(34)37)30(35)27-13-7-10-23-9-4-5-12-26(23)27/h4-18,20,29,35H,19H2,1-3H3/b30-28-. The van der Waals surface area contributed by atoms with Crippen molar-refractivity contribution in [1.82, 2.24) is 4.90 Å². The Labute approximate surface area is 227 Å². The van der Waals surface area contributed by atoms with Gasteiger partial charge in [0.15, 0.2) is 0 Å². The number of Topliss-reactive ketones (excluding diaryl/α,β-unsaturated/α-hetero) is 1. The molecule has 39 heavy (non-hydrogen) atoms. The van der Waals surface area contributed by atoms with Crippen LogP contribution in [-0.4, -0.2) is 33.8 Å². The topological polar surface area (TPSA) is 83.9 Å². The molecule has 0 saturated carbocycles. The van der Waals surface area contributed by atoms with Gasteiger partial charge in [-0.3, -0.25) is 9.59 Å². The zero-order valence-corrected chi connectivity index (χ0v) is 22.0. The highest BCUT2D eigenvalue weighted by atomic mass is 16.5. The van der Waals surface area contributed by atoms with E-state index in [1.165, 1.54) is 4.90 Å². The number of ether oxygens (including phenoxy) is 1. The van der Waals surface area contributed by atoms with E-state index in [1.807, 2.05) is 67.6 Å². The van der Waals surface area contributed by atoms with E-state index in [-0.39, 0.29) is 24.0 Å². The number of esters is 1. The molecule has 1 fully saturated rings. The van der Waals surface area contributed by atoms with Crippen molar-refractivity contribution in [1.29, 1.82) is 0 Å². The molecule has 5 rings (SSSR count). The maximum atomic E-state index is 13.5. The summed E-state index contributed by atoms with van der Waals surface area (Å²) in [7, 11) is 0. The van der Waals surface area contributed by atoms with E-state index >= 15 is 0 Å². The Morgan fingerprint density at radius 1 is 0.923 bits per heavy atom. The molecule has 1 aliphatic rings. The number of carbonyl (C=O) groups is 3. The predicted octanol–water partition coefficient (Wildman–Crippen LogP) is 6.34. The monoisotopic (exact) mass is 519 g/mol. The van der Waals surface area contributed by atoms with Crippen molar-refractivity contribution in [3.8, 4) is 0 Å². The van der Waals surface area contributed by atoms with Crippen LogP contribution in [0, 0.1) is 6.92 Å². The predicted molar refractivity (Wildman–Crippen MR) is 150 cm³/mol. The highest BCUT2D eigenvalue weighted by Gasteiger charge is 2.46. The summed E-state index contributed by atoms with van der Waals surface area (Å²) in [6.07, 6.45) is -0.236. The number of aryl methyl sites for hydroxylation is 1. The highest BCUT2D eigenvalue weighted by Crippen LogP contribution is 2.41. The van der Waals surface area contributed by atoms with Gasteiger partial charge in [-0.15, -0.1) is 0 Å². The summed E-state index contributed by atoms with van der Waals surface area (Å²) in [4.78, 5) is 40.7. The molecule has 6 heteroatoms. The van der Waals surface area contributed by atoms with Crippen LogP contribution in [0.5, 0.6) is 0 Å². The molecule has 1 heterocycles. The number of hydrogen-bond acceptors (Lipinski definition) is 5. The lowest BCUT2D eigenvalue weighted by Gasteiger charge is -2.26. The quantitative estimate of drug-likeness (QED) is 0.139. The number of fused-ring (bicyclic) bond motifs is 1. The van der Waals surface area contributed by atoms with E-state index in [4.69, 9.17) is 4.74 Å². The van der Waals surface area contributed by atoms with Gasteiger partial charge in [-0.25, -0.2) is 4.79 Å². The molecule has 1 aliphatic heterocycles. The van der Waals surface area contributed by atoms with Crippen molar-refractivity contribution >= 4 is 34.2 Å². The number of carbonyl (C=O) groups excluding carboxylic acids is 3. The first-order valence-corrected chi connectivity index (χ1v) is 12.9. The van der Waals surface area contributed by atoms with Crippen LogP contribution in [0.25, 0.3) is 16.5 Å². The van der Waals surface area contributed by atoms with E-state index in [0.717, 1.165) is 27.5 Å². The van der Waals surface area contributed by atoms with Crippen molar-refractivity contribution in [2.75, 3.05) is 0 Å². The van der Waals surface area contributed by atoms with Gasteiger partial charge in [0.05, 0.1) is 23.3 Å². The van der Waals surface area contributed by atoms with Gasteiger partial charge < -0.3 is 14.7 Å². The molecule has 4 aromatic rings. The number of nitrogens with zero attached hydrogens (tertiary/aromatic N) is 1. The molecule has 1 unspecified atom stereocenters. The van der Waals surface area contributed by atoms with Gasteiger partial charge in [-0.05, 0) is 54.8 Å². The van der Waals surface area contributed by atoms with Crippen LogP contribution >= 0.6 is 0 Å². The van der Waals surface area contributed by atoms with Gasteiger partial charge in [0.2, 0.25) is 0 Å². The molecule has 0 spiro atoms. The van der Waals surface area contributed by atoms with Gasteiger partial charge in [0, 0.05) is 12.1 Å². The molecule has 6 nitrogen and oxygen atoms in total. The van der Waals surface area contributed by atoms with Crippen LogP contribution in [0.4, 0.5) is 0 Å². The molecule has 4 aromatic carbocycles. The summed E-state index contributed by atoms with van der Waals surface area (Å²) in [6.45, 7) is 5.63. The fraction of sp³-hybridized carbons (Fsp3) is 0.182. The molecule has 0 aromatic heterocycles. The maximum Gasteiger partial charge on any atom is 0.338 e. The molecule has 1 atom stereocenters. The van der Waals surface area contributed by atoms with E-state index in [2.05, 4.69) is 0 Å². The smallest absolute Gasteiger partial charge is 0.338 e. The molecule has 1 saturated heterocycles. The number of ketones is 1. The third-order valence-corrected chi connectivity index (χ3v) is 6.83. The fourth-order valence-corrected chi connectivity index (χ4v) is 5.03. The van der Waals surface area contributed by atoms with Gasteiger partial charge in [-0.1, -0.05) is 84.4 Å². The molecule has 1 amide bonds. The number of rotatable bonds is 6. The van der Waals surface area contributed by atoms with Gasteiger partial charge >= 0.3 is 5.97 Å². The Morgan fingerprint density at radius 3 is 2.33 bits per heavy atom. The second-order valence-electron chi connectivity index (χ2n) is 10.0. The van der Waals surface area contributed by atoms with Crippen LogP contribution in [0.1, 0.15) is 52.5 Å². The van der Waals surface area contributed by atoms with Crippen molar-refractivity contribution < 1.29 is 24.2 Å². The second-order valence-corrected chi connectivity index (χ2v) is 10.0. The van der Waals surface area contributed by atoms with Crippen LogP contribution in [0.15, 0.2) is 96.6 Å². The molecule has 0 bridgehead atoms. The first-order chi connectivity index (χ1) is 18.7. The Morgan fingerprint density at radius 2 is 1.62 bits per heavy atom. The maximum absolute atomic E-state index is 13.5. The lowest BCUT2D eigenvalue weighted by Crippen LogP contribution is -2.29. The first-order valence-electron chi connectivity index (χ1n) is 12.9. The number of benzene rings is 4. The first kappa shape index (κ1) is 25.9. The number of hydrogen-bond donors (Lipinski definition) is 1. The highest BCUT2D eigenvalue weighted by molar-refractivity contribution is 6.46. The average Bonchev–Trinajstić information content (AvgIpc) is 3.17. The molecular weight excluding hydrogens is 490 g/mol. The third-order valence-electron chi connectivity index (χ3n) is 6.83. The largest absolute Gasteiger partial charge is 0.507 e. The number of amides is 1. The van der Waals surface area contributed by atoms with Gasteiger partial charge in [-0.2, -0.15) is 0 Å². The molecule has 1 N–H and O–H groups in total. The summed E-state index contributed by atoms with van der Waals surface area (Å²) in [5.74, 6) is -2.05. The summed E-state index contributed by atoms with van der Waals surface area (Å²) in [5, 5.41) is 13.3. The normalized spacial score (nSPS) is 16.7. The fourth-order valence-electron chi connectivity index (χ4n) is 5.03. The summed E-state index contributed by atoms with van der Waals surface area (Å²) in [6, 6.07) is 26.7. The minimum atomic E-state index is -0.783. The zero-order chi connectivity index (χ0) is 27.7. The number of aliphatic hydroxyl groups is 1. The van der Waals surface area contributed by atoms with E-state index in [9.17, 15) is 19.5 Å². The summed E-state index contributed by atoms with van der Waals surface area (Å²) >= 11 is 0. The van der Waals surface area contributed by atoms with Crippen molar-refractivity contribution in [3.05, 3.63) is 124 Å². The van der Waals surface area contributed by atoms with Gasteiger partial charge in [0.25, 0.3) is 11.7 Å². The molecule has 0 radical (unpaired) electrons. The number of likely N-dealkylation sites (tertiary alicyclic amines) is 1. The summed E-state index contributed by atoms with van der Waals surface area (Å²) in [5.41, 5.74) is 3.39. The van der Waals surface area contributed by atoms with Crippen molar-refractivity contribution in [2.45, 2.75) is 39.5 Å². The van der Waals surface area contributed by atoms with Crippen molar-refractivity contribution in [2.24, 2.45) is 0 Å². The van der Waals surface area contributed by atoms with Gasteiger partial charge in [0.1, 0.15) is 5.76 Å². The zero-order valence-electron chi connectivity index (χ0n) is 22.0. The Balaban J connectivity index is 1.59. The van der Waals surface area contributed by atoms with E-state index < -0.39 is 23.7 Å². The Kier molecular flexibility index (Phi) is 7.03. The molecular formula is C33H29NO5. The minimum Gasteiger partial charge on any atom is -0.507 e. The van der Waals surface area contributed by atoms with E-state index in [1.54, 1.807) is 44.2 Å². The summed E-state index contributed by atoms with van der Waals surface area (Å²) < 4.78 is 5.26. The lowest BCUT2D eigenvalue weighted by atomic mass is 9.92. The van der Waals surface area contributed by atoms with Crippen LogP contribution in [-0.2, 0) is 20.9 Å². The SMILES string of the molecule is Cc1cccc(C2/C(=C(/O)c3cccc4ccccc34)C(=O)C(=O)N2Cc2ccc(C(=O)OC(C)C)cc2)c1. The Bertz CT molecular complexity index is 1610.